The summed E-state index contributed by atoms with van der Waals surface area (Å²) in [5, 5.41) is 2.78. The molecule has 0 saturated carbocycles. The van der Waals surface area contributed by atoms with E-state index in [4.69, 9.17) is 4.42 Å². The minimum atomic E-state index is -0.000278. The Balaban J connectivity index is 0.000000337. The molecular formula is C12H19NO2. The van der Waals surface area contributed by atoms with E-state index >= 15 is 0 Å². The van der Waals surface area contributed by atoms with Crippen molar-refractivity contribution < 1.29 is 9.21 Å². The SMILES string of the molecule is CCC.CCc1cc2c(o1)CCNC2=O. The summed E-state index contributed by atoms with van der Waals surface area (Å²) >= 11 is 0. The van der Waals surface area contributed by atoms with Crippen LogP contribution in [0.2, 0.25) is 0 Å². The molecule has 0 spiro atoms. The van der Waals surface area contributed by atoms with Gasteiger partial charge in [0.1, 0.15) is 11.5 Å². The van der Waals surface area contributed by atoms with E-state index < -0.39 is 0 Å². The Morgan fingerprint density at radius 1 is 1.40 bits per heavy atom. The molecule has 0 aromatic carbocycles. The third-order valence-corrected chi connectivity index (χ3v) is 2.09. The second-order valence-electron chi connectivity index (χ2n) is 3.62. The Morgan fingerprint density at radius 2 is 2.07 bits per heavy atom. The molecule has 2 rings (SSSR count). The highest BCUT2D eigenvalue weighted by Crippen LogP contribution is 2.18. The average Bonchev–Trinajstić information content (AvgIpc) is 2.63. The summed E-state index contributed by atoms with van der Waals surface area (Å²) in [4.78, 5) is 11.2. The van der Waals surface area contributed by atoms with Gasteiger partial charge >= 0.3 is 0 Å². The van der Waals surface area contributed by atoms with Crippen molar-refractivity contribution in [3.63, 3.8) is 0 Å². The highest BCUT2D eigenvalue weighted by Gasteiger charge is 2.20. The van der Waals surface area contributed by atoms with Crippen molar-refractivity contribution in [1.82, 2.24) is 5.32 Å². The maximum Gasteiger partial charge on any atom is 0.254 e. The molecule has 0 bridgehead atoms. The van der Waals surface area contributed by atoms with Crippen LogP contribution in [0.1, 0.15) is 49.1 Å². The minimum Gasteiger partial charge on any atom is -0.465 e. The molecule has 0 unspecified atom stereocenters. The topological polar surface area (TPSA) is 42.2 Å². The summed E-state index contributed by atoms with van der Waals surface area (Å²) in [6, 6.07) is 1.84. The lowest BCUT2D eigenvalue weighted by Crippen LogP contribution is -2.30. The highest BCUT2D eigenvalue weighted by atomic mass is 16.3. The van der Waals surface area contributed by atoms with Crippen LogP contribution in [0.3, 0.4) is 0 Å². The number of furan rings is 1. The molecule has 3 nitrogen and oxygen atoms in total. The van der Waals surface area contributed by atoms with Gasteiger partial charge in [0.05, 0.1) is 5.56 Å². The third kappa shape index (κ3) is 2.85. The second kappa shape index (κ2) is 5.59. The normalized spacial score (nSPS) is 13.7. The Labute approximate surface area is 90.9 Å². The van der Waals surface area contributed by atoms with E-state index in [1.54, 1.807) is 0 Å². The van der Waals surface area contributed by atoms with Crippen molar-refractivity contribution in [3.05, 3.63) is 23.2 Å². The van der Waals surface area contributed by atoms with E-state index in [1.807, 2.05) is 13.0 Å². The molecule has 1 amide bonds. The van der Waals surface area contributed by atoms with Gasteiger partial charge in [-0.1, -0.05) is 27.2 Å². The molecular weight excluding hydrogens is 190 g/mol. The lowest BCUT2D eigenvalue weighted by Gasteiger charge is -2.09. The lowest BCUT2D eigenvalue weighted by atomic mass is 10.1. The number of amides is 1. The van der Waals surface area contributed by atoms with Gasteiger partial charge in [-0.15, -0.1) is 0 Å². The first-order chi connectivity index (χ1) is 7.22. The van der Waals surface area contributed by atoms with E-state index in [-0.39, 0.29) is 5.91 Å². The smallest absolute Gasteiger partial charge is 0.254 e. The Kier molecular flexibility index (Phi) is 4.40. The molecule has 0 fully saturated rings. The highest BCUT2D eigenvalue weighted by molar-refractivity contribution is 5.96. The standard InChI is InChI=1S/C9H11NO2.C3H8/c1-2-6-5-7-8(12-6)3-4-10-9(7)11;1-3-2/h5H,2-4H2,1H3,(H,10,11);3H2,1-2H3. The summed E-state index contributed by atoms with van der Waals surface area (Å²) in [6.07, 6.45) is 2.92. The van der Waals surface area contributed by atoms with Gasteiger partial charge in [-0.25, -0.2) is 0 Å². The molecule has 0 radical (unpaired) electrons. The summed E-state index contributed by atoms with van der Waals surface area (Å²) < 4.78 is 5.46. The summed E-state index contributed by atoms with van der Waals surface area (Å²) in [6.45, 7) is 6.96. The molecule has 3 heteroatoms. The predicted molar refractivity (Wildman–Crippen MR) is 60.1 cm³/mol. The van der Waals surface area contributed by atoms with Gasteiger partial charge in [0.25, 0.3) is 5.91 Å². The first kappa shape index (κ1) is 11.8. The molecule has 1 aromatic rings. The molecule has 1 N–H and O–H groups in total. The largest absolute Gasteiger partial charge is 0.465 e. The van der Waals surface area contributed by atoms with Gasteiger partial charge in [0, 0.05) is 19.4 Å². The number of carbonyl (C=O) groups is 1. The van der Waals surface area contributed by atoms with E-state index in [9.17, 15) is 4.79 Å². The van der Waals surface area contributed by atoms with Gasteiger partial charge in [-0.05, 0) is 6.07 Å². The number of hydrogen-bond acceptors (Lipinski definition) is 2. The number of hydrogen-bond donors (Lipinski definition) is 1. The molecule has 84 valence electrons. The zero-order valence-corrected chi connectivity index (χ0v) is 9.72. The summed E-state index contributed by atoms with van der Waals surface area (Å²) in [7, 11) is 0. The fraction of sp³-hybridized carbons (Fsp3) is 0.583. The van der Waals surface area contributed by atoms with E-state index in [2.05, 4.69) is 19.2 Å². The van der Waals surface area contributed by atoms with Crippen molar-refractivity contribution in [2.24, 2.45) is 0 Å². The van der Waals surface area contributed by atoms with Crippen LogP contribution in [0.25, 0.3) is 0 Å². The Morgan fingerprint density at radius 3 is 2.60 bits per heavy atom. The minimum absolute atomic E-state index is 0.000278. The Hall–Kier alpha value is -1.25. The van der Waals surface area contributed by atoms with E-state index in [1.165, 1.54) is 6.42 Å². The molecule has 1 aromatic heterocycles. The fourth-order valence-corrected chi connectivity index (χ4v) is 1.42. The van der Waals surface area contributed by atoms with Crippen LogP contribution >= 0.6 is 0 Å². The van der Waals surface area contributed by atoms with Crippen molar-refractivity contribution >= 4 is 5.91 Å². The average molecular weight is 209 g/mol. The number of carbonyl (C=O) groups excluding carboxylic acids is 1. The zero-order chi connectivity index (χ0) is 11.3. The van der Waals surface area contributed by atoms with Crippen molar-refractivity contribution in [3.8, 4) is 0 Å². The molecule has 0 aliphatic carbocycles. The predicted octanol–water partition coefficient (Wildman–Crippen LogP) is 2.54. The quantitative estimate of drug-likeness (QED) is 0.772. The monoisotopic (exact) mass is 209 g/mol. The van der Waals surface area contributed by atoms with Crippen LogP contribution in [0.5, 0.6) is 0 Å². The van der Waals surface area contributed by atoms with Gasteiger partial charge in [0.2, 0.25) is 0 Å². The van der Waals surface area contributed by atoms with Gasteiger partial charge in [-0.2, -0.15) is 0 Å². The molecule has 15 heavy (non-hydrogen) atoms. The fourth-order valence-electron chi connectivity index (χ4n) is 1.42. The van der Waals surface area contributed by atoms with Crippen molar-refractivity contribution in [2.45, 2.75) is 40.0 Å². The van der Waals surface area contributed by atoms with Crippen LogP contribution in [0, 0.1) is 0 Å². The maximum absolute atomic E-state index is 11.2. The van der Waals surface area contributed by atoms with Gasteiger partial charge < -0.3 is 9.73 Å². The first-order valence-corrected chi connectivity index (χ1v) is 5.62. The van der Waals surface area contributed by atoms with Gasteiger partial charge in [-0.3, -0.25) is 4.79 Å². The van der Waals surface area contributed by atoms with E-state index in [0.717, 1.165) is 29.9 Å². The summed E-state index contributed by atoms with van der Waals surface area (Å²) in [5.74, 6) is 1.74. The Bertz CT molecular complexity index is 328. The third-order valence-electron chi connectivity index (χ3n) is 2.09. The molecule has 0 atom stereocenters. The number of aryl methyl sites for hydroxylation is 1. The van der Waals surface area contributed by atoms with Crippen LogP contribution in [-0.2, 0) is 12.8 Å². The zero-order valence-electron chi connectivity index (χ0n) is 9.72. The summed E-state index contributed by atoms with van der Waals surface area (Å²) in [5.41, 5.74) is 0.720. The molecule has 0 saturated heterocycles. The molecule has 1 aliphatic heterocycles. The molecule has 1 aliphatic rings. The van der Waals surface area contributed by atoms with Gasteiger partial charge in [0.15, 0.2) is 0 Å². The maximum atomic E-state index is 11.2. The number of rotatable bonds is 1. The van der Waals surface area contributed by atoms with Crippen LogP contribution in [-0.4, -0.2) is 12.5 Å². The van der Waals surface area contributed by atoms with Crippen molar-refractivity contribution in [2.75, 3.05) is 6.54 Å². The lowest BCUT2D eigenvalue weighted by molar-refractivity contribution is 0.0943. The first-order valence-electron chi connectivity index (χ1n) is 5.62. The van der Waals surface area contributed by atoms with Crippen LogP contribution in [0.15, 0.2) is 10.5 Å². The van der Waals surface area contributed by atoms with Crippen molar-refractivity contribution in [1.29, 1.82) is 0 Å². The number of nitrogens with one attached hydrogen (secondary N) is 1. The molecule has 2 heterocycles. The second-order valence-corrected chi connectivity index (χ2v) is 3.62. The van der Waals surface area contributed by atoms with Crippen LogP contribution in [0.4, 0.5) is 0 Å². The van der Waals surface area contributed by atoms with Crippen LogP contribution < -0.4 is 5.32 Å². The van der Waals surface area contributed by atoms with E-state index in [0.29, 0.717) is 6.54 Å². The number of fused-ring (bicyclic) bond motifs is 1.